The second-order valence-corrected chi connectivity index (χ2v) is 2.03. The van der Waals surface area contributed by atoms with Crippen molar-refractivity contribution in [3.05, 3.63) is 0 Å². The van der Waals surface area contributed by atoms with Crippen molar-refractivity contribution in [2.45, 2.75) is 0 Å². The zero-order valence-electron chi connectivity index (χ0n) is 3.97. The molecule has 0 unspecified atom stereocenters. The summed E-state index contributed by atoms with van der Waals surface area (Å²) in [7, 11) is -4.32. The van der Waals surface area contributed by atoms with E-state index in [4.69, 9.17) is 5.11 Å². The highest BCUT2D eigenvalue weighted by Crippen LogP contribution is 1.83. The normalized spacial score (nSPS) is 10.8. The molecule has 3 N–H and O–H groups in total. The van der Waals surface area contributed by atoms with Crippen molar-refractivity contribution in [3.8, 4) is 0 Å². The van der Waals surface area contributed by atoms with E-state index in [1.807, 2.05) is 0 Å². The summed E-state index contributed by atoms with van der Waals surface area (Å²) < 4.78 is 22.5. The molecule has 0 heterocycles. The van der Waals surface area contributed by atoms with Gasteiger partial charge >= 0.3 is 16.5 Å². The van der Waals surface area contributed by atoms with Crippen LogP contribution in [0.25, 0.3) is 0 Å². The Bertz CT molecular complexity index is 191. The fraction of sp³-hybridized carbons (Fsp3) is 0. The zero-order valence-corrected chi connectivity index (χ0v) is 4.79. The molecule has 0 bridgehead atoms. The summed E-state index contributed by atoms with van der Waals surface area (Å²) in [4.78, 5) is 12.5. The minimum atomic E-state index is -4.32. The molecule has 0 amide bonds. The second-order valence-electron chi connectivity index (χ2n) is 0.910. The lowest BCUT2D eigenvalue weighted by molar-refractivity contribution is -0.155. The molecule has 54 valence electrons. The van der Waals surface area contributed by atoms with E-state index >= 15 is 0 Å². The predicted octanol–water partition coefficient (Wildman–Crippen LogP) is -1.18. The zero-order chi connectivity index (χ0) is 7.49. The monoisotopic (exact) mass is 157 g/mol. The SMILES string of the molecule is NS(=O)(=O)OOC(=O)O. The first kappa shape index (κ1) is 8.14. The summed E-state index contributed by atoms with van der Waals surface area (Å²) in [5.74, 6) is 0. The summed E-state index contributed by atoms with van der Waals surface area (Å²) >= 11 is 0. The Morgan fingerprint density at radius 1 is 1.56 bits per heavy atom. The lowest BCUT2D eigenvalue weighted by atomic mass is 11.5. The fourth-order valence-corrected chi connectivity index (χ4v) is 0.230. The molecule has 8 heteroatoms. The van der Waals surface area contributed by atoms with Crippen LogP contribution in [0, 0.1) is 0 Å². The van der Waals surface area contributed by atoms with Gasteiger partial charge in [0.25, 0.3) is 0 Å². The molecule has 0 atom stereocenters. The minimum absolute atomic E-state index is 1.89. The van der Waals surface area contributed by atoms with Crippen LogP contribution in [0.15, 0.2) is 0 Å². The Hall–Kier alpha value is -0.860. The van der Waals surface area contributed by atoms with Crippen LogP contribution in [0.3, 0.4) is 0 Å². The van der Waals surface area contributed by atoms with Gasteiger partial charge in [-0.15, -0.1) is 0 Å². The van der Waals surface area contributed by atoms with E-state index in [0.29, 0.717) is 0 Å². The van der Waals surface area contributed by atoms with Gasteiger partial charge in [-0.1, -0.05) is 0 Å². The highest BCUT2D eigenvalue weighted by molar-refractivity contribution is 7.84. The average Bonchev–Trinajstić information content (AvgIpc) is 1.59. The quantitative estimate of drug-likeness (QED) is 0.384. The number of hydrogen-bond acceptors (Lipinski definition) is 5. The van der Waals surface area contributed by atoms with Crippen molar-refractivity contribution >= 4 is 16.5 Å². The van der Waals surface area contributed by atoms with Gasteiger partial charge in [-0.25, -0.2) is 14.8 Å². The molecule has 0 saturated heterocycles. The van der Waals surface area contributed by atoms with E-state index in [1.165, 1.54) is 0 Å². The number of carbonyl (C=O) groups is 1. The molecule has 7 nitrogen and oxygen atoms in total. The molecule has 9 heavy (non-hydrogen) atoms. The molecule has 0 aliphatic carbocycles. The molecule has 0 spiro atoms. The van der Waals surface area contributed by atoms with Crippen LogP contribution in [0.2, 0.25) is 0 Å². The standard InChI is InChI=1S/CH3NO6S/c2-9(5,6)8-7-1(3)4/h(H,3,4)(H2,2,5,6). The Morgan fingerprint density at radius 3 is 2.11 bits per heavy atom. The van der Waals surface area contributed by atoms with E-state index < -0.39 is 16.5 Å². The third-order valence-corrected chi connectivity index (χ3v) is 0.458. The molecule has 0 saturated carbocycles. The van der Waals surface area contributed by atoms with Gasteiger partial charge in [0.2, 0.25) is 0 Å². The lowest BCUT2D eigenvalue weighted by Crippen LogP contribution is -2.17. The Balaban J connectivity index is 3.67. The number of carboxylic acid groups (broad SMARTS) is 1. The van der Waals surface area contributed by atoms with Crippen LogP contribution in [0.4, 0.5) is 4.79 Å². The van der Waals surface area contributed by atoms with E-state index in [0.717, 1.165) is 0 Å². The van der Waals surface area contributed by atoms with Crippen molar-refractivity contribution in [1.29, 1.82) is 0 Å². The highest BCUT2D eigenvalue weighted by Gasteiger charge is 2.06. The molecule has 0 aliphatic heterocycles. The van der Waals surface area contributed by atoms with Crippen LogP contribution in [-0.4, -0.2) is 19.7 Å². The molecule has 0 aromatic rings. The molecule has 0 aromatic carbocycles. The van der Waals surface area contributed by atoms with Crippen LogP contribution in [-0.2, 0) is 19.5 Å². The maximum atomic E-state index is 9.70. The first-order valence-corrected chi connectivity index (χ1v) is 3.01. The highest BCUT2D eigenvalue weighted by atomic mass is 32.2. The van der Waals surface area contributed by atoms with E-state index in [1.54, 1.807) is 0 Å². The molecule has 0 aromatic heterocycles. The summed E-state index contributed by atoms with van der Waals surface area (Å²) in [6.07, 6.45) is -1.89. The Labute approximate surface area is 50.2 Å². The summed E-state index contributed by atoms with van der Waals surface area (Å²) in [6, 6.07) is 0. The number of rotatable bonds is 2. The molecule has 0 fully saturated rings. The van der Waals surface area contributed by atoms with Crippen molar-refractivity contribution < 1.29 is 27.5 Å². The van der Waals surface area contributed by atoms with E-state index in [9.17, 15) is 13.2 Å². The van der Waals surface area contributed by atoms with Crippen LogP contribution >= 0.6 is 0 Å². The first-order chi connectivity index (χ1) is 3.92. The van der Waals surface area contributed by atoms with Gasteiger partial charge in [-0.2, -0.15) is 8.42 Å². The van der Waals surface area contributed by atoms with Gasteiger partial charge < -0.3 is 5.11 Å². The molecular weight excluding hydrogens is 154 g/mol. The maximum absolute atomic E-state index is 9.70. The van der Waals surface area contributed by atoms with Crippen molar-refractivity contribution in [2.75, 3.05) is 0 Å². The fourth-order valence-electron chi connectivity index (χ4n) is 0.0765. The molecular formula is CH3NO6S. The topological polar surface area (TPSA) is 116 Å². The van der Waals surface area contributed by atoms with Gasteiger partial charge in [0, 0.05) is 0 Å². The van der Waals surface area contributed by atoms with Gasteiger partial charge in [0.05, 0.1) is 0 Å². The third kappa shape index (κ3) is 7.14. The smallest absolute Gasteiger partial charge is 0.448 e. The van der Waals surface area contributed by atoms with E-state index in [-0.39, 0.29) is 0 Å². The maximum Gasteiger partial charge on any atom is 0.539 e. The molecule has 0 aliphatic rings. The van der Waals surface area contributed by atoms with Crippen LogP contribution in [0.1, 0.15) is 0 Å². The average molecular weight is 157 g/mol. The Morgan fingerprint density at radius 2 is 2.00 bits per heavy atom. The minimum Gasteiger partial charge on any atom is -0.448 e. The van der Waals surface area contributed by atoms with Crippen molar-refractivity contribution in [3.63, 3.8) is 0 Å². The van der Waals surface area contributed by atoms with Crippen LogP contribution < -0.4 is 5.14 Å². The summed E-state index contributed by atoms with van der Waals surface area (Å²) in [5, 5.41) is 11.8. The Kier molecular flexibility index (Phi) is 2.37. The largest absolute Gasteiger partial charge is 0.539 e. The molecule has 0 radical (unpaired) electrons. The first-order valence-electron chi connectivity index (χ1n) is 1.53. The predicted molar refractivity (Wildman–Crippen MR) is 23.3 cm³/mol. The lowest BCUT2D eigenvalue weighted by Gasteiger charge is -1.92. The number of hydrogen-bond donors (Lipinski definition) is 2. The van der Waals surface area contributed by atoms with Crippen molar-refractivity contribution in [1.82, 2.24) is 0 Å². The summed E-state index contributed by atoms with van der Waals surface area (Å²) in [5.41, 5.74) is 0. The third-order valence-electron chi connectivity index (χ3n) is 0.200. The van der Waals surface area contributed by atoms with Gasteiger partial charge in [0.1, 0.15) is 0 Å². The second kappa shape index (κ2) is 2.62. The summed E-state index contributed by atoms with van der Waals surface area (Å²) in [6.45, 7) is 0. The van der Waals surface area contributed by atoms with E-state index in [2.05, 4.69) is 14.4 Å². The van der Waals surface area contributed by atoms with Crippen molar-refractivity contribution in [2.24, 2.45) is 5.14 Å². The molecule has 0 rings (SSSR count). The number of nitrogens with two attached hydrogens (primary N) is 1. The van der Waals surface area contributed by atoms with Gasteiger partial charge in [-0.3, -0.25) is 0 Å². The van der Waals surface area contributed by atoms with Crippen LogP contribution in [0.5, 0.6) is 0 Å². The van der Waals surface area contributed by atoms with Gasteiger partial charge in [-0.05, 0) is 4.33 Å². The van der Waals surface area contributed by atoms with Gasteiger partial charge in [0.15, 0.2) is 0 Å².